The minimum absolute atomic E-state index is 0.0607. The number of hydrogen-bond donors (Lipinski definition) is 2. The summed E-state index contributed by atoms with van der Waals surface area (Å²) < 4.78 is 17.5. The first-order chi connectivity index (χ1) is 17.1. The van der Waals surface area contributed by atoms with E-state index in [4.69, 9.17) is 14.0 Å². The summed E-state index contributed by atoms with van der Waals surface area (Å²) in [7, 11) is -0.500. The zero-order chi connectivity index (χ0) is 27.6. The van der Waals surface area contributed by atoms with Gasteiger partial charge in [-0.15, -0.1) is 0 Å². The van der Waals surface area contributed by atoms with Gasteiger partial charge in [0.15, 0.2) is 0 Å². The molecule has 1 aromatic rings. The minimum Gasteiger partial charge on any atom is -0.444 e. The van der Waals surface area contributed by atoms with E-state index >= 15 is 0 Å². The molecule has 10 nitrogen and oxygen atoms in total. The molecule has 2 amide bonds. The number of hydrogen-bond acceptors (Lipinski definition) is 8. The number of carbonyl (C=O) groups excluding carboxylic acids is 2. The van der Waals surface area contributed by atoms with E-state index in [1.807, 2.05) is 46.4 Å². The third-order valence-electron chi connectivity index (χ3n) is 7.18. The van der Waals surface area contributed by atoms with Gasteiger partial charge in [-0.2, -0.15) is 0 Å². The summed E-state index contributed by atoms with van der Waals surface area (Å²) in [5.41, 5.74) is -0.691. The Morgan fingerprint density at radius 2 is 1.76 bits per heavy atom. The number of alkyl carbamates (subject to hydrolysis) is 1. The Balaban J connectivity index is 1.53. The molecule has 0 spiro atoms. The molecular formula is C26H44BN5O5. The molecule has 0 unspecified atom stereocenters. The first-order valence-corrected chi connectivity index (χ1v) is 13.3. The monoisotopic (exact) mass is 517 g/mol. The van der Waals surface area contributed by atoms with Gasteiger partial charge < -0.3 is 29.6 Å². The molecule has 0 aliphatic carbocycles. The molecule has 2 aliphatic heterocycles. The van der Waals surface area contributed by atoms with E-state index in [1.54, 1.807) is 33.2 Å². The molecule has 3 rings (SSSR count). The van der Waals surface area contributed by atoms with Crippen molar-refractivity contribution in [1.82, 2.24) is 20.2 Å². The molecule has 2 N–H and O–H groups in total. The number of nitrogens with zero attached hydrogens (tertiary/aromatic N) is 3. The summed E-state index contributed by atoms with van der Waals surface area (Å²) in [6.45, 7) is 19.2. The number of likely N-dealkylation sites (tertiary alicyclic amines) is 1. The molecule has 11 heteroatoms. The van der Waals surface area contributed by atoms with Crippen molar-refractivity contribution in [2.24, 2.45) is 11.8 Å². The van der Waals surface area contributed by atoms with Crippen LogP contribution in [0.4, 0.5) is 10.7 Å². The van der Waals surface area contributed by atoms with Gasteiger partial charge in [-0.3, -0.25) is 4.79 Å². The van der Waals surface area contributed by atoms with Crippen molar-refractivity contribution in [3.63, 3.8) is 0 Å². The predicted octanol–water partition coefficient (Wildman–Crippen LogP) is 2.98. The molecule has 0 saturated carbocycles. The largest absolute Gasteiger partial charge is 0.498 e. The van der Waals surface area contributed by atoms with Crippen molar-refractivity contribution in [3.8, 4) is 0 Å². The summed E-state index contributed by atoms with van der Waals surface area (Å²) in [6.07, 6.45) is 4.77. The van der Waals surface area contributed by atoms with Crippen molar-refractivity contribution >= 4 is 30.5 Å². The van der Waals surface area contributed by atoms with Crippen molar-refractivity contribution in [3.05, 3.63) is 12.4 Å². The fourth-order valence-electron chi connectivity index (χ4n) is 4.34. The van der Waals surface area contributed by atoms with E-state index < -0.39 is 36.1 Å². The van der Waals surface area contributed by atoms with Crippen molar-refractivity contribution in [1.29, 1.82) is 0 Å². The lowest BCUT2D eigenvalue weighted by molar-refractivity contribution is -0.136. The highest BCUT2D eigenvalue weighted by molar-refractivity contribution is 6.61. The van der Waals surface area contributed by atoms with Gasteiger partial charge in [-0.1, -0.05) is 13.8 Å². The van der Waals surface area contributed by atoms with Crippen LogP contribution in [0.5, 0.6) is 0 Å². The topological polar surface area (TPSA) is 115 Å². The maximum atomic E-state index is 13.3. The third-order valence-corrected chi connectivity index (χ3v) is 7.18. The van der Waals surface area contributed by atoms with Crippen LogP contribution in [0.25, 0.3) is 0 Å². The second-order valence-corrected chi connectivity index (χ2v) is 12.5. The smallest absolute Gasteiger partial charge is 0.444 e. The van der Waals surface area contributed by atoms with E-state index in [0.29, 0.717) is 25.6 Å². The number of rotatable bonds is 7. The Morgan fingerprint density at radius 3 is 2.30 bits per heavy atom. The normalized spacial score (nSPS) is 22.1. The summed E-state index contributed by atoms with van der Waals surface area (Å²) in [5.74, 6) is 0.636. The summed E-state index contributed by atoms with van der Waals surface area (Å²) in [5, 5.41) is 6.08. The zero-order valence-corrected chi connectivity index (χ0v) is 23.9. The van der Waals surface area contributed by atoms with Crippen molar-refractivity contribution in [2.75, 3.05) is 25.0 Å². The highest BCUT2D eigenvalue weighted by Crippen LogP contribution is 2.36. The molecule has 37 heavy (non-hydrogen) atoms. The van der Waals surface area contributed by atoms with E-state index in [2.05, 4.69) is 20.6 Å². The number of piperidine rings is 1. The Labute approximate surface area is 221 Å². The number of amides is 2. The SMILES string of the molecule is CC(C)[C@@H](NC(=O)OC(C)(C)C)C(=O)N1CCC[C@H](CNc2ncc(B3OC(C)(C)C(C)(C)O3)cn2)C1. The van der Waals surface area contributed by atoms with Gasteiger partial charge in [0.25, 0.3) is 0 Å². The molecule has 1 aromatic heterocycles. The van der Waals surface area contributed by atoms with Crippen LogP contribution in [0.1, 0.15) is 75.2 Å². The first kappa shape index (κ1) is 29.2. The van der Waals surface area contributed by atoms with Crippen LogP contribution >= 0.6 is 0 Å². The molecule has 2 fully saturated rings. The fourth-order valence-corrected chi connectivity index (χ4v) is 4.34. The molecule has 3 heterocycles. The Hall–Kier alpha value is -2.40. The lowest BCUT2D eigenvalue weighted by Gasteiger charge is -2.36. The van der Waals surface area contributed by atoms with Crippen LogP contribution < -0.4 is 16.1 Å². The van der Waals surface area contributed by atoms with Crippen molar-refractivity contribution in [2.45, 2.75) is 98.0 Å². The van der Waals surface area contributed by atoms with Crippen LogP contribution in [0.2, 0.25) is 0 Å². The van der Waals surface area contributed by atoms with E-state index in [1.165, 1.54) is 0 Å². The quantitative estimate of drug-likeness (QED) is 0.531. The number of carbonyl (C=O) groups is 2. The summed E-state index contributed by atoms with van der Waals surface area (Å²) >= 11 is 0. The standard InChI is InChI=1S/C26H44BN5O5/c1-17(2)20(31-23(34)35-24(3,4)5)21(33)32-12-10-11-18(16-32)13-28-22-29-14-19(15-30-22)27-36-25(6,7)26(8,9)37-27/h14-15,17-18,20H,10-13,16H2,1-9H3,(H,31,34)(H,28,29,30)/t18-,20-/m1/s1. The Morgan fingerprint density at radius 1 is 1.16 bits per heavy atom. The minimum atomic E-state index is -0.632. The van der Waals surface area contributed by atoms with Crippen LogP contribution in [-0.4, -0.2) is 76.5 Å². The number of ether oxygens (including phenoxy) is 1. The average molecular weight is 517 g/mol. The maximum Gasteiger partial charge on any atom is 0.498 e. The van der Waals surface area contributed by atoms with Gasteiger partial charge >= 0.3 is 13.2 Å². The van der Waals surface area contributed by atoms with Gasteiger partial charge in [0.1, 0.15) is 11.6 Å². The Kier molecular flexibility index (Phi) is 8.79. The molecule has 206 valence electrons. The van der Waals surface area contributed by atoms with Crippen molar-refractivity contribution < 1.29 is 23.6 Å². The molecule has 2 saturated heterocycles. The number of aromatic nitrogens is 2. The fraction of sp³-hybridized carbons (Fsp3) is 0.769. The Bertz CT molecular complexity index is 932. The van der Waals surface area contributed by atoms with Crippen LogP contribution in [0, 0.1) is 11.8 Å². The number of nitrogens with one attached hydrogen (secondary N) is 2. The van der Waals surface area contributed by atoms with Crippen LogP contribution in [0.3, 0.4) is 0 Å². The van der Waals surface area contributed by atoms with E-state index in [0.717, 1.165) is 18.3 Å². The highest BCUT2D eigenvalue weighted by Gasteiger charge is 2.52. The van der Waals surface area contributed by atoms with E-state index in [-0.39, 0.29) is 17.7 Å². The summed E-state index contributed by atoms with van der Waals surface area (Å²) in [6, 6.07) is -0.632. The van der Waals surface area contributed by atoms with Crippen LogP contribution in [0.15, 0.2) is 12.4 Å². The number of anilines is 1. The molecule has 2 aliphatic rings. The van der Waals surface area contributed by atoms with Gasteiger partial charge in [-0.25, -0.2) is 14.8 Å². The molecule has 0 bridgehead atoms. The van der Waals surface area contributed by atoms with Gasteiger partial charge in [0.2, 0.25) is 11.9 Å². The third kappa shape index (κ3) is 7.57. The second-order valence-electron chi connectivity index (χ2n) is 12.5. The maximum absolute atomic E-state index is 13.3. The molecule has 2 atom stereocenters. The predicted molar refractivity (Wildman–Crippen MR) is 144 cm³/mol. The molecule has 0 aromatic carbocycles. The summed E-state index contributed by atoms with van der Waals surface area (Å²) in [4.78, 5) is 36.4. The zero-order valence-electron chi connectivity index (χ0n) is 23.9. The average Bonchev–Trinajstić information content (AvgIpc) is 3.01. The van der Waals surface area contributed by atoms with E-state index in [9.17, 15) is 9.59 Å². The van der Waals surface area contributed by atoms with Gasteiger partial charge in [0, 0.05) is 37.5 Å². The first-order valence-electron chi connectivity index (χ1n) is 13.3. The molecule has 0 radical (unpaired) electrons. The van der Waals surface area contributed by atoms with Gasteiger partial charge in [0.05, 0.1) is 11.2 Å². The second kappa shape index (κ2) is 11.1. The highest BCUT2D eigenvalue weighted by atomic mass is 16.7. The van der Waals surface area contributed by atoms with Gasteiger partial charge in [-0.05, 0) is 73.1 Å². The lowest BCUT2D eigenvalue weighted by Crippen LogP contribution is -2.54. The lowest BCUT2D eigenvalue weighted by atomic mass is 9.81. The molecular weight excluding hydrogens is 473 g/mol. The van der Waals surface area contributed by atoms with Crippen LogP contribution in [-0.2, 0) is 18.8 Å².